The van der Waals surface area contributed by atoms with E-state index in [0.29, 0.717) is 17.7 Å². The number of benzene rings is 1. The van der Waals surface area contributed by atoms with E-state index in [4.69, 9.17) is 0 Å². The van der Waals surface area contributed by atoms with Crippen LogP contribution in [0.25, 0.3) is 5.57 Å². The van der Waals surface area contributed by atoms with Crippen LogP contribution in [0.3, 0.4) is 0 Å². The normalized spacial score (nSPS) is 19.1. The van der Waals surface area contributed by atoms with Crippen LogP contribution in [0, 0.1) is 0 Å². The van der Waals surface area contributed by atoms with Crippen molar-refractivity contribution in [2.75, 3.05) is 6.54 Å². The van der Waals surface area contributed by atoms with Crippen LogP contribution in [-0.4, -0.2) is 6.54 Å². The lowest BCUT2D eigenvalue weighted by atomic mass is 9.94. The molecule has 1 aliphatic heterocycles. The third-order valence-electron chi connectivity index (χ3n) is 2.90. The topological polar surface area (TPSA) is 12.0 Å². The number of alkyl halides is 3. The predicted molar refractivity (Wildman–Crippen MR) is 74.8 cm³/mol. The van der Waals surface area contributed by atoms with E-state index in [1.807, 2.05) is 12.2 Å². The summed E-state index contributed by atoms with van der Waals surface area (Å²) in [5.74, 6) is 0. The van der Waals surface area contributed by atoms with Crippen LogP contribution in [0.2, 0.25) is 0 Å². The quantitative estimate of drug-likeness (QED) is 0.806. The van der Waals surface area contributed by atoms with Crippen molar-refractivity contribution in [3.63, 3.8) is 0 Å². The van der Waals surface area contributed by atoms with E-state index < -0.39 is 11.7 Å². The van der Waals surface area contributed by atoms with Crippen molar-refractivity contribution in [1.29, 1.82) is 0 Å². The average Bonchev–Trinajstić information content (AvgIpc) is 2.50. The van der Waals surface area contributed by atoms with Crippen LogP contribution in [0.5, 0.6) is 0 Å². The third kappa shape index (κ3) is 3.20. The first-order valence-electron chi connectivity index (χ1n) is 6.13. The van der Waals surface area contributed by atoms with E-state index in [0.717, 1.165) is 6.07 Å². The Bertz CT molecular complexity index is 592. The van der Waals surface area contributed by atoms with Crippen molar-refractivity contribution in [3.05, 3.63) is 78.0 Å². The van der Waals surface area contributed by atoms with Crippen molar-refractivity contribution in [3.8, 4) is 0 Å². The second-order valence-corrected chi connectivity index (χ2v) is 4.32. The molecule has 104 valence electrons. The fourth-order valence-electron chi connectivity index (χ4n) is 1.95. The molecule has 0 unspecified atom stereocenters. The summed E-state index contributed by atoms with van der Waals surface area (Å²) in [4.78, 5) is 0. The highest BCUT2D eigenvalue weighted by Crippen LogP contribution is 2.36. The van der Waals surface area contributed by atoms with Crippen molar-refractivity contribution < 1.29 is 13.2 Å². The molecule has 0 aromatic heterocycles. The van der Waals surface area contributed by atoms with E-state index in [9.17, 15) is 13.2 Å². The minimum Gasteiger partial charge on any atom is -0.387 e. The summed E-state index contributed by atoms with van der Waals surface area (Å²) >= 11 is 0. The first kappa shape index (κ1) is 14.2. The molecule has 1 aromatic rings. The summed E-state index contributed by atoms with van der Waals surface area (Å²) in [5, 5.41) is 2.97. The summed E-state index contributed by atoms with van der Waals surface area (Å²) in [6.45, 7) is 4.39. The maximum atomic E-state index is 13.1. The molecule has 1 aromatic carbocycles. The minimum atomic E-state index is -4.39. The van der Waals surface area contributed by atoms with Crippen LogP contribution in [0.15, 0.2) is 66.9 Å². The molecule has 1 heterocycles. The molecule has 0 spiro atoms. The number of nitrogens with one attached hydrogen (secondary N) is 1. The molecule has 1 aliphatic rings. The minimum absolute atomic E-state index is 0.129. The molecule has 0 saturated heterocycles. The van der Waals surface area contributed by atoms with Gasteiger partial charge in [0.1, 0.15) is 0 Å². The van der Waals surface area contributed by atoms with Crippen LogP contribution in [0.4, 0.5) is 13.2 Å². The Morgan fingerprint density at radius 3 is 2.60 bits per heavy atom. The zero-order valence-electron chi connectivity index (χ0n) is 10.7. The van der Waals surface area contributed by atoms with Crippen molar-refractivity contribution in [2.24, 2.45) is 0 Å². The van der Waals surface area contributed by atoms with E-state index in [2.05, 4.69) is 11.9 Å². The van der Waals surface area contributed by atoms with Crippen LogP contribution in [0.1, 0.15) is 11.1 Å². The zero-order valence-corrected chi connectivity index (χ0v) is 10.7. The highest BCUT2D eigenvalue weighted by atomic mass is 19.4. The smallest absolute Gasteiger partial charge is 0.387 e. The molecule has 20 heavy (non-hydrogen) atoms. The first-order valence-corrected chi connectivity index (χ1v) is 6.13. The van der Waals surface area contributed by atoms with Gasteiger partial charge >= 0.3 is 6.18 Å². The Morgan fingerprint density at radius 1 is 1.10 bits per heavy atom. The molecule has 0 saturated carbocycles. The molecule has 0 radical (unpaired) electrons. The fraction of sp³-hybridized carbons (Fsp3) is 0.125. The van der Waals surface area contributed by atoms with Gasteiger partial charge in [-0.2, -0.15) is 13.2 Å². The summed E-state index contributed by atoms with van der Waals surface area (Å²) in [6, 6.07) is 5.52. The van der Waals surface area contributed by atoms with Gasteiger partial charge < -0.3 is 5.32 Å². The van der Waals surface area contributed by atoms with Crippen LogP contribution >= 0.6 is 0 Å². The van der Waals surface area contributed by atoms with Gasteiger partial charge in [0.15, 0.2) is 0 Å². The maximum Gasteiger partial charge on any atom is 0.417 e. The highest BCUT2D eigenvalue weighted by Gasteiger charge is 2.33. The van der Waals surface area contributed by atoms with Crippen LogP contribution < -0.4 is 5.32 Å². The molecule has 0 aliphatic carbocycles. The number of halogens is 3. The van der Waals surface area contributed by atoms with E-state index >= 15 is 0 Å². The van der Waals surface area contributed by atoms with Crippen LogP contribution in [-0.2, 0) is 6.18 Å². The van der Waals surface area contributed by atoms with Gasteiger partial charge in [0.25, 0.3) is 0 Å². The molecule has 0 fully saturated rings. The Labute approximate surface area is 115 Å². The van der Waals surface area contributed by atoms with Gasteiger partial charge in [-0.15, -0.1) is 0 Å². The predicted octanol–water partition coefficient (Wildman–Crippen LogP) is 4.32. The molecule has 0 amide bonds. The number of hydrogen-bond donors (Lipinski definition) is 1. The second kappa shape index (κ2) is 5.82. The van der Waals surface area contributed by atoms with Gasteiger partial charge in [0.05, 0.1) is 5.56 Å². The number of hydrogen-bond acceptors (Lipinski definition) is 1. The van der Waals surface area contributed by atoms with Gasteiger partial charge in [-0.05, 0) is 17.2 Å². The molecule has 1 N–H and O–H groups in total. The molecule has 1 nitrogen and oxygen atoms in total. The molecular formula is C16H14F3N. The molecule has 2 rings (SSSR count). The summed E-state index contributed by atoms with van der Waals surface area (Å²) in [5.41, 5.74) is 0.442. The summed E-state index contributed by atoms with van der Waals surface area (Å²) in [6.07, 6.45) is 4.34. The zero-order chi connectivity index (χ0) is 14.6. The lowest BCUT2D eigenvalue weighted by Crippen LogP contribution is -2.11. The largest absolute Gasteiger partial charge is 0.417 e. The standard InChI is InChI=1S/C16H14F3N/c1-12-7-3-2-6-10-20-11-14(12)13-8-4-5-9-15(13)16(17,18)19/h2-9,11,20H,1,10H2/b6-2-,7-3-,14-11?. The Kier molecular flexibility index (Phi) is 4.13. The molecule has 0 bridgehead atoms. The van der Waals surface area contributed by atoms with Crippen molar-refractivity contribution >= 4 is 5.57 Å². The van der Waals surface area contributed by atoms with E-state index in [-0.39, 0.29) is 5.56 Å². The van der Waals surface area contributed by atoms with Crippen molar-refractivity contribution in [2.45, 2.75) is 6.18 Å². The van der Waals surface area contributed by atoms with Gasteiger partial charge in [0, 0.05) is 18.3 Å². The number of rotatable bonds is 1. The Balaban J connectivity index is 2.52. The molecule has 0 atom stereocenters. The monoisotopic (exact) mass is 277 g/mol. The molecule has 4 heteroatoms. The average molecular weight is 277 g/mol. The van der Waals surface area contributed by atoms with Gasteiger partial charge in [-0.3, -0.25) is 0 Å². The fourth-order valence-corrected chi connectivity index (χ4v) is 1.95. The summed E-state index contributed by atoms with van der Waals surface area (Å²) < 4.78 is 39.3. The van der Waals surface area contributed by atoms with E-state index in [1.54, 1.807) is 24.4 Å². The van der Waals surface area contributed by atoms with E-state index in [1.165, 1.54) is 12.1 Å². The van der Waals surface area contributed by atoms with Gasteiger partial charge in [-0.25, -0.2) is 0 Å². The molecular weight excluding hydrogens is 263 g/mol. The number of allylic oxidation sites excluding steroid dienone is 5. The van der Waals surface area contributed by atoms with Gasteiger partial charge in [0.2, 0.25) is 0 Å². The highest BCUT2D eigenvalue weighted by molar-refractivity contribution is 5.82. The lowest BCUT2D eigenvalue weighted by Gasteiger charge is -2.16. The lowest BCUT2D eigenvalue weighted by molar-refractivity contribution is -0.137. The summed E-state index contributed by atoms with van der Waals surface area (Å²) in [7, 11) is 0. The maximum absolute atomic E-state index is 13.1. The Hall–Kier alpha value is -2.23. The van der Waals surface area contributed by atoms with Gasteiger partial charge in [-0.1, -0.05) is 49.1 Å². The van der Waals surface area contributed by atoms with Crippen molar-refractivity contribution in [1.82, 2.24) is 5.32 Å². The second-order valence-electron chi connectivity index (χ2n) is 4.32. The third-order valence-corrected chi connectivity index (χ3v) is 2.90. The first-order chi connectivity index (χ1) is 9.50. The SMILES string of the molecule is C=C1/C=C\C=C/CNC=C1c1ccccc1C(F)(F)F. The Morgan fingerprint density at radius 2 is 1.85 bits per heavy atom.